The highest BCUT2D eigenvalue weighted by molar-refractivity contribution is 7.84. The lowest BCUT2D eigenvalue weighted by Gasteiger charge is -2.29. The highest BCUT2D eigenvalue weighted by atomic mass is 32.1. The highest BCUT2D eigenvalue weighted by Crippen LogP contribution is 2.65. The SMILES string of the molecule is COc1ccccc1[C@@H]1NC(=S)N(c2ccccc2)[P@@]1(=O)c1ccccc1. The number of hydrogen-bond donors (Lipinski definition) is 1. The van der Waals surface area contributed by atoms with Crippen LogP contribution in [0.25, 0.3) is 0 Å². The van der Waals surface area contributed by atoms with E-state index in [0.29, 0.717) is 10.9 Å². The number of ether oxygens (including phenoxy) is 1. The third kappa shape index (κ3) is 2.93. The molecule has 0 aliphatic carbocycles. The Morgan fingerprint density at radius 1 is 0.926 bits per heavy atom. The number of nitrogens with one attached hydrogen (secondary N) is 1. The van der Waals surface area contributed by atoms with Crippen molar-refractivity contribution in [2.24, 2.45) is 0 Å². The zero-order valence-electron chi connectivity index (χ0n) is 14.8. The van der Waals surface area contributed by atoms with Crippen molar-refractivity contribution in [3.8, 4) is 5.75 Å². The van der Waals surface area contributed by atoms with Crippen LogP contribution >= 0.6 is 19.5 Å². The summed E-state index contributed by atoms with van der Waals surface area (Å²) in [5.74, 6) is 0.188. The number of benzene rings is 3. The molecule has 1 heterocycles. The number of methoxy groups -OCH3 is 1. The maximum Gasteiger partial charge on any atom is 0.233 e. The summed E-state index contributed by atoms with van der Waals surface area (Å²) in [4.78, 5) is 0. The molecule has 136 valence electrons. The van der Waals surface area contributed by atoms with Gasteiger partial charge in [-0.25, -0.2) is 0 Å². The van der Waals surface area contributed by atoms with E-state index in [1.807, 2.05) is 84.9 Å². The minimum atomic E-state index is -3.18. The first-order valence-electron chi connectivity index (χ1n) is 8.60. The van der Waals surface area contributed by atoms with Gasteiger partial charge < -0.3 is 10.1 Å². The maximum atomic E-state index is 14.7. The van der Waals surface area contributed by atoms with Gasteiger partial charge in [0.15, 0.2) is 5.11 Å². The van der Waals surface area contributed by atoms with Crippen molar-refractivity contribution >= 4 is 35.6 Å². The molecule has 4 nitrogen and oxygen atoms in total. The van der Waals surface area contributed by atoms with E-state index in [4.69, 9.17) is 17.0 Å². The summed E-state index contributed by atoms with van der Waals surface area (Å²) in [5, 5.41) is 4.49. The molecule has 2 atom stereocenters. The van der Waals surface area contributed by atoms with Gasteiger partial charge in [-0.2, -0.15) is 0 Å². The van der Waals surface area contributed by atoms with Crippen LogP contribution in [0.3, 0.4) is 0 Å². The summed E-state index contributed by atoms with van der Waals surface area (Å²) < 4.78 is 22.0. The van der Waals surface area contributed by atoms with Gasteiger partial charge in [-0.05, 0) is 42.5 Å². The predicted octanol–water partition coefficient (Wildman–Crippen LogP) is 4.69. The van der Waals surface area contributed by atoms with Crippen LogP contribution in [-0.4, -0.2) is 12.2 Å². The topological polar surface area (TPSA) is 41.6 Å². The Hall–Kier alpha value is -2.62. The summed E-state index contributed by atoms with van der Waals surface area (Å²) in [6.07, 6.45) is 0. The van der Waals surface area contributed by atoms with Gasteiger partial charge in [0.2, 0.25) is 7.29 Å². The Labute approximate surface area is 164 Å². The molecule has 0 saturated carbocycles. The van der Waals surface area contributed by atoms with Crippen molar-refractivity contribution in [1.29, 1.82) is 0 Å². The molecule has 3 aromatic carbocycles. The summed E-state index contributed by atoms with van der Waals surface area (Å²) >= 11 is 5.63. The second-order valence-electron chi connectivity index (χ2n) is 6.20. The first-order chi connectivity index (χ1) is 13.2. The predicted molar refractivity (Wildman–Crippen MR) is 114 cm³/mol. The van der Waals surface area contributed by atoms with Crippen LogP contribution in [0.2, 0.25) is 0 Å². The quantitative estimate of drug-likeness (QED) is 0.514. The van der Waals surface area contributed by atoms with Crippen LogP contribution in [0.1, 0.15) is 11.3 Å². The van der Waals surface area contributed by atoms with E-state index in [-0.39, 0.29) is 0 Å². The molecular formula is C21H19N2O2PS. The van der Waals surface area contributed by atoms with Crippen LogP contribution in [0.4, 0.5) is 5.69 Å². The molecule has 27 heavy (non-hydrogen) atoms. The van der Waals surface area contributed by atoms with Gasteiger partial charge in [0.1, 0.15) is 11.5 Å². The average molecular weight is 394 g/mol. The molecule has 0 bridgehead atoms. The van der Waals surface area contributed by atoms with Gasteiger partial charge in [-0.1, -0.05) is 54.6 Å². The van der Waals surface area contributed by atoms with Crippen LogP contribution in [0, 0.1) is 0 Å². The molecule has 1 aliphatic heterocycles. The summed E-state index contributed by atoms with van der Waals surface area (Å²) in [6, 6.07) is 26.8. The Bertz CT molecular complexity index is 1010. The van der Waals surface area contributed by atoms with E-state index >= 15 is 0 Å². The zero-order chi connectivity index (χ0) is 18.9. The van der Waals surface area contributed by atoms with Gasteiger partial charge >= 0.3 is 0 Å². The minimum absolute atomic E-state index is 0.448. The first-order valence-corrected chi connectivity index (χ1v) is 10.7. The lowest BCUT2D eigenvalue weighted by atomic mass is 10.2. The van der Waals surface area contributed by atoms with Gasteiger partial charge in [0.05, 0.1) is 12.8 Å². The van der Waals surface area contributed by atoms with Crippen LogP contribution < -0.4 is 20.0 Å². The van der Waals surface area contributed by atoms with Crippen LogP contribution in [0.5, 0.6) is 5.75 Å². The molecule has 1 aliphatic rings. The number of anilines is 1. The first kappa shape index (κ1) is 17.8. The van der Waals surface area contributed by atoms with E-state index < -0.39 is 13.1 Å². The van der Waals surface area contributed by atoms with Crippen molar-refractivity contribution in [3.05, 3.63) is 90.5 Å². The standard InChI is InChI=1S/C21H19N2O2PS/c1-25-19-15-9-8-14-18(19)20-22-21(27)23(16-10-4-2-5-11-16)26(20,24)17-12-6-3-7-13-17/h2-15,20H,1H3,(H,22,27)/t20-,26-/m1/s1. The molecule has 3 aromatic rings. The molecule has 0 aromatic heterocycles. The number of hydrogen-bond acceptors (Lipinski definition) is 3. The molecule has 1 N–H and O–H groups in total. The number of para-hydroxylation sites is 2. The average Bonchev–Trinajstić information content (AvgIpc) is 3.00. The van der Waals surface area contributed by atoms with E-state index in [0.717, 1.165) is 16.6 Å². The van der Waals surface area contributed by atoms with Crippen molar-refractivity contribution in [2.45, 2.75) is 5.78 Å². The lowest BCUT2D eigenvalue weighted by Crippen LogP contribution is -2.27. The number of rotatable bonds is 4. The molecular weight excluding hydrogens is 375 g/mol. The van der Waals surface area contributed by atoms with E-state index in [9.17, 15) is 4.57 Å². The third-order valence-electron chi connectivity index (χ3n) is 4.66. The Kier molecular flexibility index (Phi) is 4.73. The zero-order valence-corrected chi connectivity index (χ0v) is 16.5. The fourth-order valence-electron chi connectivity index (χ4n) is 3.44. The van der Waals surface area contributed by atoms with Crippen LogP contribution in [-0.2, 0) is 4.57 Å². The van der Waals surface area contributed by atoms with Crippen LogP contribution in [0.15, 0.2) is 84.9 Å². The second kappa shape index (κ2) is 7.18. The highest BCUT2D eigenvalue weighted by Gasteiger charge is 2.50. The van der Waals surface area contributed by atoms with Gasteiger partial charge in [-0.15, -0.1) is 0 Å². The Balaban J connectivity index is 1.95. The normalized spacial score (nSPS) is 21.7. The Morgan fingerprint density at radius 3 is 2.19 bits per heavy atom. The van der Waals surface area contributed by atoms with Crippen molar-refractivity contribution in [1.82, 2.24) is 5.32 Å². The lowest BCUT2D eigenvalue weighted by molar-refractivity contribution is 0.408. The summed E-state index contributed by atoms with van der Waals surface area (Å²) in [7, 11) is -1.56. The fourth-order valence-corrected chi connectivity index (χ4v) is 7.16. The smallest absolute Gasteiger partial charge is 0.233 e. The third-order valence-corrected chi connectivity index (χ3v) is 8.27. The van der Waals surface area contributed by atoms with Gasteiger partial charge in [0, 0.05) is 10.9 Å². The van der Waals surface area contributed by atoms with Crippen molar-refractivity contribution in [2.75, 3.05) is 11.8 Å². The van der Waals surface area contributed by atoms with E-state index in [1.54, 1.807) is 11.8 Å². The largest absolute Gasteiger partial charge is 0.496 e. The van der Waals surface area contributed by atoms with E-state index in [1.165, 1.54) is 0 Å². The Morgan fingerprint density at radius 2 is 1.52 bits per heavy atom. The fraction of sp³-hybridized carbons (Fsp3) is 0.0952. The monoisotopic (exact) mass is 394 g/mol. The molecule has 0 spiro atoms. The summed E-state index contributed by atoms with van der Waals surface area (Å²) in [6.45, 7) is 0. The van der Waals surface area contributed by atoms with Crippen molar-refractivity contribution in [3.63, 3.8) is 0 Å². The molecule has 6 heteroatoms. The van der Waals surface area contributed by atoms with Gasteiger partial charge in [0.25, 0.3) is 0 Å². The maximum absolute atomic E-state index is 14.7. The second-order valence-corrected chi connectivity index (χ2v) is 9.27. The molecule has 1 saturated heterocycles. The van der Waals surface area contributed by atoms with E-state index in [2.05, 4.69) is 5.32 Å². The van der Waals surface area contributed by atoms with Gasteiger partial charge in [-0.3, -0.25) is 9.24 Å². The summed E-state index contributed by atoms with van der Waals surface area (Å²) in [5.41, 5.74) is 1.63. The minimum Gasteiger partial charge on any atom is -0.496 e. The molecule has 0 amide bonds. The number of thiocarbonyl (C=S) groups is 1. The number of nitrogens with zero attached hydrogens (tertiary/aromatic N) is 1. The molecule has 4 rings (SSSR count). The molecule has 0 radical (unpaired) electrons. The molecule has 0 unspecified atom stereocenters. The molecule has 1 fully saturated rings. The van der Waals surface area contributed by atoms with Crippen molar-refractivity contribution < 1.29 is 9.30 Å².